The minimum absolute atomic E-state index is 0.253. The van der Waals surface area contributed by atoms with Crippen LogP contribution < -0.4 is 0 Å². The third-order valence-electron chi connectivity index (χ3n) is 5.66. The predicted molar refractivity (Wildman–Crippen MR) is 115 cm³/mol. The Bertz CT molecular complexity index is 754. The fourth-order valence-corrected chi connectivity index (χ4v) is 4.37. The van der Waals surface area contributed by atoms with Gasteiger partial charge in [-0.3, -0.25) is 0 Å². The summed E-state index contributed by atoms with van der Waals surface area (Å²) in [6.45, 7) is 0.906. The fourth-order valence-electron chi connectivity index (χ4n) is 4.24. The molecule has 2 aromatic carbocycles. The van der Waals surface area contributed by atoms with Crippen molar-refractivity contribution >= 4 is 17.7 Å². The molecule has 144 valence electrons. The van der Waals surface area contributed by atoms with Crippen LogP contribution >= 0.6 is 11.6 Å². The molecule has 0 saturated heterocycles. The van der Waals surface area contributed by atoms with E-state index in [2.05, 4.69) is 49.3 Å². The Kier molecular flexibility index (Phi) is 6.75. The minimum Gasteiger partial charge on any atom is -0.385 e. The Morgan fingerprint density at radius 2 is 1.81 bits per heavy atom. The standard InChI is InChI=1S/C24H30ClNO/c1-26(2)18-22-10-6-9-21(17-20-11-13-23(25)14-12-20)24(22,27)16-15-19-7-4-3-5-8-19/h3-5,7-8,11-14,17,22,27H,6,9-10,15-16,18H2,1-2H3. The van der Waals surface area contributed by atoms with Crippen LogP contribution in [0.3, 0.4) is 0 Å². The predicted octanol–water partition coefficient (Wildman–Crippen LogP) is 5.45. The van der Waals surface area contributed by atoms with Crippen molar-refractivity contribution < 1.29 is 5.11 Å². The first-order valence-corrected chi connectivity index (χ1v) is 10.2. The molecule has 27 heavy (non-hydrogen) atoms. The number of aryl methyl sites for hydroxylation is 1. The number of aliphatic hydroxyl groups is 1. The van der Waals surface area contributed by atoms with Gasteiger partial charge in [-0.15, -0.1) is 0 Å². The fraction of sp³-hybridized carbons (Fsp3) is 0.417. The maximum absolute atomic E-state index is 11.9. The highest BCUT2D eigenvalue weighted by molar-refractivity contribution is 6.30. The molecule has 2 unspecified atom stereocenters. The van der Waals surface area contributed by atoms with Crippen LogP contribution in [-0.2, 0) is 6.42 Å². The molecule has 0 heterocycles. The lowest BCUT2D eigenvalue weighted by Gasteiger charge is -2.43. The van der Waals surface area contributed by atoms with Crippen LogP contribution in [0, 0.1) is 5.92 Å². The van der Waals surface area contributed by atoms with Gasteiger partial charge in [0.2, 0.25) is 0 Å². The molecule has 1 saturated carbocycles. The zero-order chi connectivity index (χ0) is 19.3. The monoisotopic (exact) mass is 383 g/mol. The topological polar surface area (TPSA) is 23.5 Å². The molecule has 1 fully saturated rings. The lowest BCUT2D eigenvalue weighted by molar-refractivity contribution is -0.0192. The largest absolute Gasteiger partial charge is 0.385 e. The van der Waals surface area contributed by atoms with Gasteiger partial charge in [0.15, 0.2) is 0 Å². The van der Waals surface area contributed by atoms with E-state index in [-0.39, 0.29) is 5.92 Å². The van der Waals surface area contributed by atoms with Crippen molar-refractivity contribution in [3.05, 3.63) is 76.3 Å². The summed E-state index contributed by atoms with van der Waals surface area (Å²) in [5.41, 5.74) is 2.79. The van der Waals surface area contributed by atoms with Crippen molar-refractivity contribution in [1.29, 1.82) is 0 Å². The average molecular weight is 384 g/mol. The maximum Gasteiger partial charge on any atom is 0.0903 e. The summed E-state index contributed by atoms with van der Waals surface area (Å²) in [4.78, 5) is 2.20. The second-order valence-electron chi connectivity index (χ2n) is 7.98. The zero-order valence-electron chi connectivity index (χ0n) is 16.4. The number of nitrogens with zero attached hydrogens (tertiary/aromatic N) is 1. The molecular weight excluding hydrogens is 354 g/mol. The molecular formula is C24H30ClNO. The van der Waals surface area contributed by atoms with Crippen LogP contribution in [-0.4, -0.2) is 36.2 Å². The number of halogens is 1. The molecule has 2 nitrogen and oxygen atoms in total. The van der Waals surface area contributed by atoms with E-state index in [1.54, 1.807) is 0 Å². The van der Waals surface area contributed by atoms with Gasteiger partial charge in [-0.2, -0.15) is 0 Å². The van der Waals surface area contributed by atoms with Crippen molar-refractivity contribution in [2.24, 2.45) is 5.92 Å². The molecule has 2 atom stereocenters. The van der Waals surface area contributed by atoms with Crippen LogP contribution in [0.15, 0.2) is 60.2 Å². The van der Waals surface area contributed by atoms with Crippen LogP contribution in [0.1, 0.15) is 36.8 Å². The molecule has 2 aromatic rings. The van der Waals surface area contributed by atoms with E-state index < -0.39 is 5.60 Å². The smallest absolute Gasteiger partial charge is 0.0903 e. The molecule has 0 radical (unpaired) electrons. The van der Waals surface area contributed by atoms with Crippen LogP contribution in [0.25, 0.3) is 6.08 Å². The first kappa shape index (κ1) is 20.1. The van der Waals surface area contributed by atoms with E-state index in [9.17, 15) is 5.11 Å². The van der Waals surface area contributed by atoms with E-state index >= 15 is 0 Å². The second kappa shape index (κ2) is 9.05. The van der Waals surface area contributed by atoms with Gasteiger partial charge >= 0.3 is 0 Å². The van der Waals surface area contributed by atoms with Gasteiger partial charge in [0, 0.05) is 17.5 Å². The summed E-state index contributed by atoms with van der Waals surface area (Å²) in [5.74, 6) is 0.253. The highest BCUT2D eigenvalue weighted by Crippen LogP contribution is 2.42. The van der Waals surface area contributed by atoms with E-state index in [0.29, 0.717) is 0 Å². The third-order valence-corrected chi connectivity index (χ3v) is 5.92. The van der Waals surface area contributed by atoms with E-state index in [0.717, 1.165) is 49.2 Å². The number of hydrogen-bond acceptors (Lipinski definition) is 2. The van der Waals surface area contributed by atoms with Gasteiger partial charge in [0.05, 0.1) is 5.60 Å². The van der Waals surface area contributed by atoms with Crippen molar-refractivity contribution in [1.82, 2.24) is 4.90 Å². The third kappa shape index (κ3) is 5.22. The zero-order valence-corrected chi connectivity index (χ0v) is 17.1. The highest BCUT2D eigenvalue weighted by atomic mass is 35.5. The van der Waals surface area contributed by atoms with Gasteiger partial charge in [-0.05, 0) is 75.0 Å². The van der Waals surface area contributed by atoms with E-state index in [1.807, 2.05) is 30.3 Å². The lowest BCUT2D eigenvalue weighted by Crippen LogP contribution is -2.47. The number of hydrogen-bond donors (Lipinski definition) is 1. The molecule has 0 aromatic heterocycles. The maximum atomic E-state index is 11.9. The molecule has 3 heteroatoms. The number of benzene rings is 2. The Hall–Kier alpha value is -1.61. The minimum atomic E-state index is -0.766. The summed E-state index contributed by atoms with van der Waals surface area (Å²) in [6.07, 6.45) is 6.99. The van der Waals surface area contributed by atoms with Crippen LogP contribution in [0.5, 0.6) is 0 Å². The number of rotatable bonds is 6. The molecule has 1 aliphatic carbocycles. The summed E-state index contributed by atoms with van der Waals surface area (Å²) in [6, 6.07) is 18.4. The SMILES string of the molecule is CN(C)CC1CCCC(=Cc2ccc(Cl)cc2)C1(O)CCc1ccccc1. The van der Waals surface area contributed by atoms with Crippen molar-refractivity contribution in [3.63, 3.8) is 0 Å². The van der Waals surface area contributed by atoms with Crippen molar-refractivity contribution in [3.8, 4) is 0 Å². The molecule has 0 aliphatic heterocycles. The normalized spacial score (nSPS) is 24.5. The summed E-state index contributed by atoms with van der Waals surface area (Å²) < 4.78 is 0. The average Bonchev–Trinajstić information content (AvgIpc) is 2.66. The Labute approximate surface area is 168 Å². The Morgan fingerprint density at radius 1 is 1.11 bits per heavy atom. The molecule has 0 bridgehead atoms. The molecule has 3 rings (SSSR count). The molecule has 0 amide bonds. The quantitative estimate of drug-likeness (QED) is 0.717. The van der Waals surface area contributed by atoms with Gasteiger partial charge < -0.3 is 10.0 Å². The van der Waals surface area contributed by atoms with Gasteiger partial charge in [0.1, 0.15) is 0 Å². The molecule has 1 aliphatic rings. The summed E-state index contributed by atoms with van der Waals surface area (Å²) in [7, 11) is 4.18. The van der Waals surface area contributed by atoms with Gasteiger partial charge in [0.25, 0.3) is 0 Å². The summed E-state index contributed by atoms with van der Waals surface area (Å²) in [5, 5.41) is 12.6. The highest BCUT2D eigenvalue weighted by Gasteiger charge is 2.42. The van der Waals surface area contributed by atoms with E-state index in [4.69, 9.17) is 11.6 Å². The summed E-state index contributed by atoms with van der Waals surface area (Å²) >= 11 is 6.03. The Morgan fingerprint density at radius 3 is 2.48 bits per heavy atom. The van der Waals surface area contributed by atoms with Gasteiger partial charge in [-0.1, -0.05) is 60.1 Å². The van der Waals surface area contributed by atoms with Gasteiger partial charge in [-0.25, -0.2) is 0 Å². The van der Waals surface area contributed by atoms with Crippen molar-refractivity contribution in [2.75, 3.05) is 20.6 Å². The van der Waals surface area contributed by atoms with Crippen LogP contribution in [0.2, 0.25) is 5.02 Å². The van der Waals surface area contributed by atoms with E-state index in [1.165, 1.54) is 11.1 Å². The second-order valence-corrected chi connectivity index (χ2v) is 8.42. The lowest BCUT2D eigenvalue weighted by atomic mass is 9.68. The Balaban J connectivity index is 1.89. The van der Waals surface area contributed by atoms with Crippen LogP contribution in [0.4, 0.5) is 0 Å². The van der Waals surface area contributed by atoms with Crippen molar-refractivity contribution in [2.45, 2.75) is 37.7 Å². The first-order valence-electron chi connectivity index (χ1n) is 9.85. The molecule has 0 spiro atoms. The molecule has 1 N–H and O–H groups in total. The first-order chi connectivity index (χ1) is 13.0.